The average Bonchev–Trinajstić information content (AvgIpc) is 3.62. The number of fused-ring (bicyclic) bond motifs is 2. The summed E-state index contributed by atoms with van der Waals surface area (Å²) >= 11 is 0. The number of aromatic nitrogens is 6. The van der Waals surface area contributed by atoms with E-state index in [9.17, 15) is 4.79 Å². The molecule has 1 N–H and O–H groups in total. The van der Waals surface area contributed by atoms with Gasteiger partial charge in [0.25, 0.3) is 0 Å². The Bertz CT molecular complexity index is 1220. The first-order valence-corrected chi connectivity index (χ1v) is 12.7. The first kappa shape index (κ1) is 22.3. The number of Topliss-reactive ketones (excluding diaryl/α,β-unsaturated/α-hetero) is 1. The van der Waals surface area contributed by atoms with Gasteiger partial charge in [-0.3, -0.25) is 9.69 Å². The maximum absolute atomic E-state index is 13.1. The number of carbonyl (C=O) groups excluding carboxylic acids is 1. The standard InChI is InChI=1S/C25H31N7O3/c1-15(19-8-6-12-32(19)2)34-21-13-17(18-14-26-31-29-18)27-24(28-21)22-16-7-5-11-25(23(16)35-30-22)10-4-3-9-20(25)33/h13-15,19H,3-12H2,1-2H3,(H,26,29,31)/t15-,19-,25+/m0/s1. The van der Waals surface area contributed by atoms with E-state index in [1.54, 1.807) is 12.3 Å². The fourth-order valence-electron chi connectivity index (χ4n) is 6.21. The summed E-state index contributed by atoms with van der Waals surface area (Å²) in [5, 5.41) is 15.2. The van der Waals surface area contributed by atoms with Crippen molar-refractivity contribution in [3.8, 4) is 28.8 Å². The van der Waals surface area contributed by atoms with Gasteiger partial charge in [0, 0.05) is 24.1 Å². The summed E-state index contributed by atoms with van der Waals surface area (Å²) in [6.07, 6.45) is 9.81. The highest BCUT2D eigenvalue weighted by Gasteiger charge is 2.48. The molecule has 0 aromatic carbocycles. The molecule has 1 saturated heterocycles. The van der Waals surface area contributed by atoms with Crippen LogP contribution < -0.4 is 4.74 Å². The third-order valence-electron chi connectivity index (χ3n) is 8.06. The second-order valence-electron chi connectivity index (χ2n) is 10.2. The molecular formula is C25H31N7O3. The molecule has 0 radical (unpaired) electrons. The second kappa shape index (κ2) is 8.82. The highest BCUT2D eigenvalue weighted by molar-refractivity contribution is 5.91. The minimum atomic E-state index is -0.540. The molecule has 10 nitrogen and oxygen atoms in total. The van der Waals surface area contributed by atoms with E-state index in [2.05, 4.69) is 39.4 Å². The molecule has 2 aliphatic carbocycles. The summed E-state index contributed by atoms with van der Waals surface area (Å²) in [6, 6.07) is 2.13. The van der Waals surface area contributed by atoms with Crippen molar-refractivity contribution in [2.45, 2.75) is 82.3 Å². The van der Waals surface area contributed by atoms with Crippen molar-refractivity contribution in [3.05, 3.63) is 23.6 Å². The largest absolute Gasteiger partial charge is 0.473 e. The van der Waals surface area contributed by atoms with Crippen LogP contribution in [0.2, 0.25) is 0 Å². The van der Waals surface area contributed by atoms with Crippen LogP contribution in [0.3, 0.4) is 0 Å². The van der Waals surface area contributed by atoms with Gasteiger partial charge in [0.2, 0.25) is 5.88 Å². The van der Waals surface area contributed by atoms with Gasteiger partial charge in [-0.1, -0.05) is 11.6 Å². The number of likely N-dealkylation sites (N-methyl/N-ethyl adjacent to an activating group) is 1. The molecule has 10 heteroatoms. The lowest BCUT2D eigenvalue weighted by molar-refractivity contribution is -0.128. The van der Waals surface area contributed by atoms with Crippen molar-refractivity contribution in [2.24, 2.45) is 0 Å². The van der Waals surface area contributed by atoms with Crippen LogP contribution in [-0.2, 0) is 16.6 Å². The number of ether oxygens (including phenoxy) is 1. The maximum Gasteiger partial charge on any atom is 0.217 e. The van der Waals surface area contributed by atoms with Crippen molar-refractivity contribution in [1.82, 2.24) is 35.4 Å². The molecule has 0 amide bonds. The summed E-state index contributed by atoms with van der Waals surface area (Å²) in [4.78, 5) is 24.9. The van der Waals surface area contributed by atoms with Gasteiger partial charge in [-0.15, -0.1) is 0 Å². The molecule has 1 saturated carbocycles. The molecule has 0 unspecified atom stereocenters. The van der Waals surface area contributed by atoms with E-state index in [0.29, 0.717) is 41.2 Å². The van der Waals surface area contributed by atoms with E-state index >= 15 is 0 Å². The van der Waals surface area contributed by atoms with Gasteiger partial charge in [-0.25, -0.2) is 4.98 Å². The normalized spacial score (nSPS) is 25.7. The van der Waals surface area contributed by atoms with E-state index in [1.807, 2.05) is 0 Å². The zero-order valence-corrected chi connectivity index (χ0v) is 20.3. The molecule has 1 spiro atoms. The lowest BCUT2D eigenvalue weighted by atomic mass is 9.64. The number of hydrogen-bond donors (Lipinski definition) is 1. The van der Waals surface area contributed by atoms with Crippen LogP contribution in [0.25, 0.3) is 22.9 Å². The summed E-state index contributed by atoms with van der Waals surface area (Å²) in [5.74, 6) is 1.90. The average molecular weight is 478 g/mol. The molecule has 184 valence electrons. The number of nitrogens with one attached hydrogen (secondary N) is 1. The van der Waals surface area contributed by atoms with Crippen LogP contribution in [0.4, 0.5) is 0 Å². The fourth-order valence-corrected chi connectivity index (χ4v) is 6.21. The van der Waals surface area contributed by atoms with Gasteiger partial charge >= 0.3 is 0 Å². The molecule has 3 aliphatic rings. The maximum atomic E-state index is 13.1. The number of hydrogen-bond acceptors (Lipinski definition) is 9. The molecule has 3 aromatic rings. The van der Waals surface area contributed by atoms with Crippen molar-refractivity contribution in [2.75, 3.05) is 13.6 Å². The molecule has 0 bridgehead atoms. The molecule has 3 aromatic heterocycles. The van der Waals surface area contributed by atoms with Crippen LogP contribution >= 0.6 is 0 Å². The zero-order chi connectivity index (χ0) is 24.0. The Morgan fingerprint density at radius 3 is 2.83 bits per heavy atom. The van der Waals surface area contributed by atoms with Gasteiger partial charge in [0.1, 0.15) is 23.3 Å². The zero-order valence-electron chi connectivity index (χ0n) is 20.3. The van der Waals surface area contributed by atoms with E-state index in [4.69, 9.17) is 19.2 Å². The van der Waals surface area contributed by atoms with Crippen LogP contribution in [-0.4, -0.2) is 67.0 Å². The molecule has 35 heavy (non-hydrogen) atoms. The first-order chi connectivity index (χ1) is 17.0. The summed E-state index contributed by atoms with van der Waals surface area (Å²) in [6.45, 7) is 3.16. The van der Waals surface area contributed by atoms with E-state index in [1.165, 1.54) is 6.42 Å². The topological polar surface area (TPSA) is 123 Å². The molecule has 6 rings (SSSR count). The Kier molecular flexibility index (Phi) is 5.63. The van der Waals surface area contributed by atoms with Gasteiger partial charge in [-0.05, 0) is 65.5 Å². The molecular weight excluding hydrogens is 446 g/mol. The SMILES string of the molecule is C[C@H](Oc1cc(-c2cn[nH]n2)nc(-c2noc3c2CCC[C@@]32CCCCC2=O)n1)[C@@H]1CCCN1C. The predicted octanol–water partition coefficient (Wildman–Crippen LogP) is 3.50. The number of likely N-dealkylation sites (tertiary alicyclic amines) is 1. The summed E-state index contributed by atoms with van der Waals surface area (Å²) in [5.41, 5.74) is 2.21. The van der Waals surface area contributed by atoms with Crippen molar-refractivity contribution in [1.29, 1.82) is 0 Å². The van der Waals surface area contributed by atoms with Gasteiger partial charge in [-0.2, -0.15) is 20.4 Å². The van der Waals surface area contributed by atoms with Crippen molar-refractivity contribution >= 4 is 5.78 Å². The van der Waals surface area contributed by atoms with Gasteiger partial charge < -0.3 is 9.26 Å². The Balaban J connectivity index is 1.40. The Labute approximate surface area is 203 Å². The smallest absolute Gasteiger partial charge is 0.217 e. The van der Waals surface area contributed by atoms with Crippen LogP contribution in [0.5, 0.6) is 5.88 Å². The number of carbonyl (C=O) groups is 1. The number of rotatable bonds is 5. The highest BCUT2D eigenvalue weighted by atomic mass is 16.5. The fraction of sp³-hybridized carbons (Fsp3) is 0.600. The van der Waals surface area contributed by atoms with Crippen molar-refractivity contribution < 1.29 is 14.1 Å². The monoisotopic (exact) mass is 477 g/mol. The third kappa shape index (κ3) is 3.84. The summed E-state index contributed by atoms with van der Waals surface area (Å²) < 4.78 is 12.3. The quantitative estimate of drug-likeness (QED) is 0.588. The summed E-state index contributed by atoms with van der Waals surface area (Å²) in [7, 11) is 2.13. The molecule has 2 fully saturated rings. The number of nitrogens with zero attached hydrogens (tertiary/aromatic N) is 6. The van der Waals surface area contributed by atoms with Crippen LogP contribution in [0.15, 0.2) is 16.8 Å². The first-order valence-electron chi connectivity index (χ1n) is 12.7. The third-order valence-corrected chi connectivity index (χ3v) is 8.06. The minimum Gasteiger partial charge on any atom is -0.473 e. The Morgan fingerprint density at radius 1 is 1.17 bits per heavy atom. The second-order valence-corrected chi connectivity index (χ2v) is 10.2. The van der Waals surface area contributed by atoms with E-state index < -0.39 is 5.41 Å². The Hall–Kier alpha value is -3.14. The Morgan fingerprint density at radius 2 is 2.06 bits per heavy atom. The highest BCUT2D eigenvalue weighted by Crippen LogP contribution is 2.47. The number of aromatic amines is 1. The van der Waals surface area contributed by atoms with Crippen LogP contribution in [0, 0.1) is 0 Å². The number of ketones is 1. The molecule has 1 aliphatic heterocycles. The van der Waals surface area contributed by atoms with E-state index in [-0.39, 0.29) is 11.9 Å². The predicted molar refractivity (Wildman–Crippen MR) is 127 cm³/mol. The minimum absolute atomic E-state index is 0.0373. The molecule has 4 heterocycles. The molecule has 3 atom stereocenters. The van der Waals surface area contributed by atoms with Gasteiger partial charge in [0.15, 0.2) is 17.3 Å². The van der Waals surface area contributed by atoms with E-state index in [0.717, 1.165) is 62.8 Å². The lowest BCUT2D eigenvalue weighted by Crippen LogP contribution is -2.41. The van der Waals surface area contributed by atoms with Crippen LogP contribution in [0.1, 0.15) is 69.6 Å². The van der Waals surface area contributed by atoms with Gasteiger partial charge in [0.05, 0.1) is 11.6 Å². The number of H-pyrrole nitrogens is 1. The van der Waals surface area contributed by atoms with Crippen molar-refractivity contribution in [3.63, 3.8) is 0 Å². The lowest BCUT2D eigenvalue weighted by Gasteiger charge is -2.36.